The third-order valence-electron chi connectivity index (χ3n) is 2.65. The van der Waals surface area contributed by atoms with E-state index >= 15 is 0 Å². The summed E-state index contributed by atoms with van der Waals surface area (Å²) in [6.45, 7) is 1.55. The molecule has 1 rings (SSSR count). The van der Waals surface area contributed by atoms with Gasteiger partial charge < -0.3 is 10.0 Å². The SMILES string of the molecule is Cc1cccc([N+](=O)[O-])c1C(O)=C(C#N)C(=O)N(C)C. The Morgan fingerprint density at radius 3 is 2.50 bits per heavy atom. The average molecular weight is 275 g/mol. The van der Waals surface area contributed by atoms with Crippen LogP contribution in [0.1, 0.15) is 11.1 Å². The van der Waals surface area contributed by atoms with Gasteiger partial charge in [0, 0.05) is 20.2 Å². The summed E-state index contributed by atoms with van der Waals surface area (Å²) in [5, 5.41) is 30.1. The monoisotopic (exact) mass is 275 g/mol. The summed E-state index contributed by atoms with van der Waals surface area (Å²) in [4.78, 5) is 23.2. The zero-order chi connectivity index (χ0) is 15.4. The molecule has 0 aliphatic carbocycles. The molecular weight excluding hydrogens is 262 g/mol. The van der Waals surface area contributed by atoms with E-state index in [4.69, 9.17) is 5.26 Å². The number of carbonyl (C=O) groups is 1. The van der Waals surface area contributed by atoms with Crippen molar-refractivity contribution < 1.29 is 14.8 Å². The van der Waals surface area contributed by atoms with Gasteiger partial charge in [0.15, 0.2) is 11.3 Å². The first kappa shape index (κ1) is 15.2. The van der Waals surface area contributed by atoms with Crippen molar-refractivity contribution >= 4 is 17.4 Å². The molecule has 0 aromatic heterocycles. The Hall–Kier alpha value is -2.88. The number of amides is 1. The van der Waals surface area contributed by atoms with Crippen molar-refractivity contribution in [2.75, 3.05) is 14.1 Å². The Bertz CT molecular complexity index is 642. The van der Waals surface area contributed by atoms with Crippen LogP contribution < -0.4 is 0 Å². The third kappa shape index (κ3) is 2.75. The number of hydrogen-bond acceptors (Lipinski definition) is 5. The van der Waals surface area contributed by atoms with Crippen LogP contribution in [-0.2, 0) is 4.79 Å². The van der Waals surface area contributed by atoms with Crippen LogP contribution in [0.3, 0.4) is 0 Å². The van der Waals surface area contributed by atoms with E-state index in [1.54, 1.807) is 19.1 Å². The van der Waals surface area contributed by atoms with Crippen LogP contribution in [0, 0.1) is 28.4 Å². The highest BCUT2D eigenvalue weighted by molar-refractivity contribution is 6.04. The normalized spacial score (nSPS) is 11.3. The second-order valence-corrected chi connectivity index (χ2v) is 4.26. The maximum Gasteiger partial charge on any atom is 0.280 e. The van der Waals surface area contributed by atoms with Crippen molar-refractivity contribution in [3.63, 3.8) is 0 Å². The first-order valence-electron chi connectivity index (χ1n) is 5.60. The number of aliphatic hydroxyl groups is 1. The maximum atomic E-state index is 11.8. The van der Waals surface area contributed by atoms with E-state index in [0.29, 0.717) is 5.56 Å². The number of nitro benzene ring substituents is 1. The lowest BCUT2D eigenvalue weighted by Crippen LogP contribution is -2.24. The Kier molecular flexibility index (Phi) is 4.43. The molecule has 0 spiro atoms. The number of carbonyl (C=O) groups excluding carboxylic acids is 1. The van der Waals surface area contributed by atoms with Gasteiger partial charge in [0.2, 0.25) is 0 Å². The van der Waals surface area contributed by atoms with Crippen molar-refractivity contribution in [1.82, 2.24) is 4.90 Å². The highest BCUT2D eigenvalue weighted by Crippen LogP contribution is 2.29. The van der Waals surface area contributed by atoms with E-state index < -0.39 is 22.2 Å². The summed E-state index contributed by atoms with van der Waals surface area (Å²) in [5.74, 6) is -1.40. The molecule has 0 saturated carbocycles. The molecule has 7 heteroatoms. The molecule has 0 atom stereocenters. The van der Waals surface area contributed by atoms with Gasteiger partial charge in [0.1, 0.15) is 6.07 Å². The summed E-state index contributed by atoms with van der Waals surface area (Å²) in [5.41, 5.74) is -0.616. The molecule has 0 fully saturated rings. The fraction of sp³-hybridized carbons (Fsp3) is 0.231. The van der Waals surface area contributed by atoms with Gasteiger partial charge in [-0.15, -0.1) is 0 Å². The molecule has 0 radical (unpaired) electrons. The predicted octanol–water partition coefficient (Wildman–Crippen LogP) is 1.78. The summed E-state index contributed by atoms with van der Waals surface area (Å²) in [6.07, 6.45) is 0. The minimum atomic E-state index is -0.720. The van der Waals surface area contributed by atoms with Crippen molar-refractivity contribution in [2.24, 2.45) is 0 Å². The maximum absolute atomic E-state index is 11.8. The molecule has 0 aliphatic rings. The van der Waals surface area contributed by atoms with Crippen molar-refractivity contribution in [1.29, 1.82) is 5.26 Å². The molecule has 1 N–H and O–H groups in total. The standard InChI is InChI=1S/C13H13N3O4/c1-8-5-4-6-10(16(19)20)11(8)12(17)9(7-14)13(18)15(2)3/h4-6,17H,1-3H3. The molecule has 0 unspecified atom stereocenters. The molecule has 0 heterocycles. The van der Waals surface area contributed by atoms with Crippen molar-refractivity contribution in [2.45, 2.75) is 6.92 Å². The number of aryl methyl sites for hydroxylation is 1. The van der Waals surface area contributed by atoms with Gasteiger partial charge in [-0.3, -0.25) is 14.9 Å². The second-order valence-electron chi connectivity index (χ2n) is 4.26. The minimum absolute atomic E-state index is 0.121. The molecule has 0 saturated heterocycles. The number of rotatable bonds is 3. The summed E-state index contributed by atoms with van der Waals surface area (Å²) < 4.78 is 0. The quantitative estimate of drug-likeness (QED) is 0.297. The summed E-state index contributed by atoms with van der Waals surface area (Å²) in [6, 6.07) is 5.80. The zero-order valence-electron chi connectivity index (χ0n) is 11.2. The lowest BCUT2D eigenvalue weighted by atomic mass is 10.0. The highest BCUT2D eigenvalue weighted by atomic mass is 16.6. The van der Waals surface area contributed by atoms with Gasteiger partial charge in [0.05, 0.1) is 10.5 Å². The largest absolute Gasteiger partial charge is 0.505 e. The lowest BCUT2D eigenvalue weighted by molar-refractivity contribution is -0.385. The van der Waals surface area contributed by atoms with Crippen LogP contribution in [-0.4, -0.2) is 34.9 Å². The molecule has 0 aliphatic heterocycles. The molecular formula is C13H13N3O4. The zero-order valence-corrected chi connectivity index (χ0v) is 11.2. The van der Waals surface area contributed by atoms with Crippen LogP contribution in [0.4, 0.5) is 5.69 Å². The van der Waals surface area contributed by atoms with E-state index in [1.807, 2.05) is 0 Å². The van der Waals surface area contributed by atoms with Crippen LogP contribution in [0.15, 0.2) is 23.8 Å². The molecule has 1 aromatic carbocycles. The number of nitro groups is 1. The lowest BCUT2D eigenvalue weighted by Gasteiger charge is -2.12. The smallest absolute Gasteiger partial charge is 0.280 e. The van der Waals surface area contributed by atoms with E-state index in [2.05, 4.69) is 0 Å². The minimum Gasteiger partial charge on any atom is -0.505 e. The molecule has 0 bridgehead atoms. The Morgan fingerprint density at radius 2 is 2.05 bits per heavy atom. The number of aliphatic hydroxyl groups excluding tert-OH is 1. The van der Waals surface area contributed by atoms with E-state index in [-0.39, 0.29) is 11.3 Å². The first-order chi connectivity index (χ1) is 9.31. The van der Waals surface area contributed by atoms with Gasteiger partial charge in [-0.05, 0) is 12.5 Å². The Labute approximate surface area is 115 Å². The van der Waals surface area contributed by atoms with Gasteiger partial charge in [-0.25, -0.2) is 0 Å². The average Bonchev–Trinajstić information content (AvgIpc) is 2.38. The van der Waals surface area contributed by atoms with Crippen LogP contribution in [0.25, 0.3) is 5.76 Å². The van der Waals surface area contributed by atoms with Crippen molar-refractivity contribution in [3.05, 3.63) is 45.0 Å². The van der Waals surface area contributed by atoms with Gasteiger partial charge in [-0.2, -0.15) is 5.26 Å². The predicted molar refractivity (Wildman–Crippen MR) is 71.7 cm³/mol. The number of nitrogens with zero attached hydrogens (tertiary/aromatic N) is 3. The number of nitriles is 1. The Morgan fingerprint density at radius 1 is 1.45 bits per heavy atom. The van der Waals surface area contributed by atoms with Gasteiger partial charge in [-0.1, -0.05) is 12.1 Å². The Balaban J connectivity index is 3.63. The van der Waals surface area contributed by atoms with E-state index in [9.17, 15) is 20.0 Å². The van der Waals surface area contributed by atoms with Crippen molar-refractivity contribution in [3.8, 4) is 6.07 Å². The van der Waals surface area contributed by atoms with Gasteiger partial charge in [0.25, 0.3) is 11.6 Å². The summed E-state index contributed by atoms with van der Waals surface area (Å²) in [7, 11) is 2.83. The van der Waals surface area contributed by atoms with Crippen LogP contribution in [0.5, 0.6) is 0 Å². The second kappa shape index (κ2) is 5.84. The molecule has 104 valence electrons. The number of benzene rings is 1. The topological polar surface area (TPSA) is 107 Å². The summed E-state index contributed by atoms with van der Waals surface area (Å²) >= 11 is 0. The molecule has 7 nitrogen and oxygen atoms in total. The van der Waals surface area contributed by atoms with E-state index in [1.165, 1.54) is 26.2 Å². The highest BCUT2D eigenvalue weighted by Gasteiger charge is 2.25. The molecule has 20 heavy (non-hydrogen) atoms. The number of likely N-dealkylation sites (N-methyl/N-ethyl adjacent to an activating group) is 1. The number of hydrogen-bond donors (Lipinski definition) is 1. The fourth-order valence-electron chi connectivity index (χ4n) is 1.66. The van der Waals surface area contributed by atoms with Gasteiger partial charge >= 0.3 is 0 Å². The first-order valence-corrected chi connectivity index (χ1v) is 5.60. The van der Waals surface area contributed by atoms with Crippen LogP contribution in [0.2, 0.25) is 0 Å². The molecule has 1 aromatic rings. The van der Waals surface area contributed by atoms with Crippen LogP contribution >= 0.6 is 0 Å². The van der Waals surface area contributed by atoms with E-state index in [0.717, 1.165) is 4.90 Å². The third-order valence-corrected chi connectivity index (χ3v) is 2.65. The molecule has 1 amide bonds. The fourth-order valence-corrected chi connectivity index (χ4v) is 1.66.